The Kier molecular flexibility index (Phi) is 5.12. The standard InChI is InChI=1S/C20H18F2N4O2/c1-25-9-14-19(24)15(10-26(2)20(14)27)13-8-12(23)4-6-17(13)28-18-5-3-11(21)7-16(18)22/h3-10H,23-24H2,1-2H3. The van der Waals surface area contributed by atoms with E-state index in [1.165, 1.54) is 30.1 Å². The van der Waals surface area contributed by atoms with Gasteiger partial charge in [-0.15, -0.1) is 0 Å². The van der Waals surface area contributed by atoms with Crippen molar-refractivity contribution in [2.24, 2.45) is 12.0 Å². The molecule has 0 aliphatic heterocycles. The molecule has 0 fully saturated rings. The third-order valence-corrected chi connectivity index (χ3v) is 4.12. The maximum absolute atomic E-state index is 14.0. The molecule has 6 nitrogen and oxygen atoms in total. The SMILES string of the molecule is CN=Cc1c(N)c(-c2cc(N)ccc2Oc2ccc(F)cc2F)cn(C)c1=O. The number of benzene rings is 2. The zero-order valence-corrected chi connectivity index (χ0v) is 15.2. The predicted octanol–water partition coefficient (Wildman–Crippen LogP) is 3.34. The molecule has 4 N–H and O–H groups in total. The Balaban J connectivity index is 2.21. The molecule has 3 aromatic rings. The molecule has 2 aromatic carbocycles. The van der Waals surface area contributed by atoms with Crippen molar-refractivity contribution >= 4 is 17.6 Å². The van der Waals surface area contributed by atoms with E-state index in [1.807, 2.05) is 0 Å². The number of aromatic nitrogens is 1. The highest BCUT2D eigenvalue weighted by Crippen LogP contribution is 2.38. The van der Waals surface area contributed by atoms with Crippen molar-refractivity contribution < 1.29 is 13.5 Å². The summed E-state index contributed by atoms with van der Waals surface area (Å²) in [4.78, 5) is 16.2. The summed E-state index contributed by atoms with van der Waals surface area (Å²) in [5.41, 5.74) is 13.5. The van der Waals surface area contributed by atoms with Crippen LogP contribution in [-0.2, 0) is 7.05 Å². The number of hydrogen-bond donors (Lipinski definition) is 2. The largest absolute Gasteiger partial charge is 0.454 e. The summed E-state index contributed by atoms with van der Waals surface area (Å²) in [6.07, 6.45) is 2.90. The smallest absolute Gasteiger partial charge is 0.261 e. The van der Waals surface area contributed by atoms with Gasteiger partial charge in [0.25, 0.3) is 5.56 Å². The van der Waals surface area contributed by atoms with E-state index >= 15 is 0 Å². The van der Waals surface area contributed by atoms with Crippen LogP contribution >= 0.6 is 0 Å². The lowest BCUT2D eigenvalue weighted by atomic mass is 10.0. The molecule has 0 saturated heterocycles. The minimum absolute atomic E-state index is 0.161. The van der Waals surface area contributed by atoms with Gasteiger partial charge >= 0.3 is 0 Å². The molecular weight excluding hydrogens is 366 g/mol. The minimum Gasteiger partial charge on any atom is -0.454 e. The number of halogens is 2. The third-order valence-electron chi connectivity index (χ3n) is 4.12. The number of ether oxygens (including phenoxy) is 1. The molecule has 0 saturated carbocycles. The first-order valence-electron chi connectivity index (χ1n) is 8.26. The number of pyridine rings is 1. The average Bonchev–Trinajstić information content (AvgIpc) is 2.65. The van der Waals surface area contributed by atoms with Crippen LogP contribution in [0.5, 0.6) is 11.5 Å². The lowest BCUT2D eigenvalue weighted by Gasteiger charge is -2.16. The van der Waals surface area contributed by atoms with Gasteiger partial charge in [0, 0.05) is 49.4 Å². The summed E-state index contributed by atoms with van der Waals surface area (Å²) in [6.45, 7) is 0. The van der Waals surface area contributed by atoms with E-state index in [0.29, 0.717) is 16.8 Å². The molecule has 0 unspecified atom stereocenters. The lowest BCUT2D eigenvalue weighted by Crippen LogP contribution is -2.23. The van der Waals surface area contributed by atoms with Gasteiger partial charge in [-0.2, -0.15) is 0 Å². The summed E-state index contributed by atoms with van der Waals surface area (Å²) < 4.78 is 34.2. The second-order valence-corrected chi connectivity index (χ2v) is 6.11. The molecule has 0 aliphatic carbocycles. The molecule has 0 aliphatic rings. The average molecular weight is 384 g/mol. The molecule has 1 heterocycles. The first kappa shape index (κ1) is 19.1. The summed E-state index contributed by atoms with van der Waals surface area (Å²) >= 11 is 0. The Morgan fingerprint density at radius 2 is 1.79 bits per heavy atom. The van der Waals surface area contributed by atoms with Gasteiger partial charge in [0.05, 0.1) is 11.3 Å². The van der Waals surface area contributed by atoms with Gasteiger partial charge in [0.2, 0.25) is 0 Å². The Morgan fingerprint density at radius 3 is 2.46 bits per heavy atom. The number of nitrogen functional groups attached to an aromatic ring is 2. The van der Waals surface area contributed by atoms with E-state index in [9.17, 15) is 13.6 Å². The number of aryl methyl sites for hydroxylation is 1. The highest BCUT2D eigenvalue weighted by molar-refractivity contribution is 5.94. The molecule has 1 aromatic heterocycles. The monoisotopic (exact) mass is 384 g/mol. The highest BCUT2D eigenvalue weighted by atomic mass is 19.1. The van der Waals surface area contributed by atoms with Crippen molar-refractivity contribution in [2.75, 3.05) is 18.5 Å². The molecule has 28 heavy (non-hydrogen) atoms. The van der Waals surface area contributed by atoms with Crippen LogP contribution in [0.15, 0.2) is 52.4 Å². The van der Waals surface area contributed by atoms with Gasteiger partial charge < -0.3 is 20.8 Å². The maximum Gasteiger partial charge on any atom is 0.261 e. The number of nitrogens with two attached hydrogens (primary N) is 2. The second kappa shape index (κ2) is 7.51. The van der Waals surface area contributed by atoms with Crippen LogP contribution in [0, 0.1) is 11.6 Å². The van der Waals surface area contributed by atoms with Crippen molar-refractivity contribution in [3.8, 4) is 22.6 Å². The van der Waals surface area contributed by atoms with Crippen molar-refractivity contribution in [1.82, 2.24) is 4.57 Å². The van der Waals surface area contributed by atoms with E-state index in [0.717, 1.165) is 12.1 Å². The Morgan fingerprint density at radius 1 is 1.07 bits per heavy atom. The maximum atomic E-state index is 14.0. The van der Waals surface area contributed by atoms with Crippen molar-refractivity contribution in [2.45, 2.75) is 0 Å². The minimum atomic E-state index is -0.852. The summed E-state index contributed by atoms with van der Waals surface area (Å²) in [5.74, 6) is -1.49. The normalized spacial score (nSPS) is 11.1. The van der Waals surface area contributed by atoms with Crippen LogP contribution in [0.25, 0.3) is 11.1 Å². The summed E-state index contributed by atoms with van der Waals surface area (Å²) in [7, 11) is 3.10. The third kappa shape index (κ3) is 3.57. The second-order valence-electron chi connectivity index (χ2n) is 6.11. The molecule has 0 spiro atoms. The highest BCUT2D eigenvalue weighted by Gasteiger charge is 2.17. The molecule has 144 valence electrons. The summed E-state index contributed by atoms with van der Waals surface area (Å²) in [5, 5.41) is 0. The van der Waals surface area contributed by atoms with E-state index in [-0.39, 0.29) is 28.3 Å². The number of nitrogens with zero attached hydrogens (tertiary/aromatic N) is 2. The van der Waals surface area contributed by atoms with Crippen LogP contribution in [-0.4, -0.2) is 17.8 Å². The lowest BCUT2D eigenvalue weighted by molar-refractivity contribution is 0.439. The molecule has 0 radical (unpaired) electrons. The topological polar surface area (TPSA) is 95.6 Å². The number of hydrogen-bond acceptors (Lipinski definition) is 5. The Hall–Kier alpha value is -3.68. The van der Waals surface area contributed by atoms with Crippen LogP contribution in [0.2, 0.25) is 0 Å². The fourth-order valence-electron chi connectivity index (χ4n) is 2.76. The number of anilines is 2. The van der Waals surface area contributed by atoms with Crippen molar-refractivity contribution in [1.29, 1.82) is 0 Å². The zero-order valence-electron chi connectivity index (χ0n) is 15.2. The van der Waals surface area contributed by atoms with Crippen LogP contribution in [0.1, 0.15) is 5.56 Å². The Bertz CT molecular complexity index is 1140. The van der Waals surface area contributed by atoms with Crippen LogP contribution < -0.4 is 21.8 Å². The van der Waals surface area contributed by atoms with Gasteiger partial charge in [-0.05, 0) is 30.3 Å². The van der Waals surface area contributed by atoms with Gasteiger partial charge in [0.15, 0.2) is 11.6 Å². The molecule has 0 atom stereocenters. The van der Waals surface area contributed by atoms with Gasteiger partial charge in [0.1, 0.15) is 11.6 Å². The van der Waals surface area contributed by atoms with Crippen molar-refractivity contribution in [3.63, 3.8) is 0 Å². The molecule has 8 heteroatoms. The van der Waals surface area contributed by atoms with Crippen molar-refractivity contribution in [3.05, 3.63) is 70.1 Å². The quantitative estimate of drug-likeness (QED) is 0.533. The fourth-order valence-corrected chi connectivity index (χ4v) is 2.76. The molecule has 0 amide bonds. The fraction of sp³-hybridized carbons (Fsp3) is 0.100. The van der Waals surface area contributed by atoms with Gasteiger partial charge in [-0.3, -0.25) is 9.79 Å². The van der Waals surface area contributed by atoms with Gasteiger partial charge in [-0.1, -0.05) is 0 Å². The number of aliphatic imine (C=N–C) groups is 1. The zero-order chi connectivity index (χ0) is 20.4. The first-order chi connectivity index (χ1) is 13.3. The number of rotatable bonds is 4. The first-order valence-corrected chi connectivity index (χ1v) is 8.26. The predicted molar refractivity (Wildman–Crippen MR) is 106 cm³/mol. The molecule has 3 rings (SSSR count). The Labute approximate surface area is 159 Å². The van der Waals surface area contributed by atoms with Crippen LogP contribution in [0.4, 0.5) is 20.2 Å². The van der Waals surface area contributed by atoms with E-state index < -0.39 is 11.6 Å². The van der Waals surface area contributed by atoms with E-state index in [1.54, 1.807) is 25.2 Å². The van der Waals surface area contributed by atoms with E-state index in [2.05, 4.69) is 4.99 Å². The summed E-state index contributed by atoms with van der Waals surface area (Å²) in [6, 6.07) is 7.72. The van der Waals surface area contributed by atoms with Crippen LogP contribution in [0.3, 0.4) is 0 Å². The molecular formula is C20H18F2N4O2. The molecule has 0 bridgehead atoms. The van der Waals surface area contributed by atoms with Gasteiger partial charge in [-0.25, -0.2) is 8.78 Å². The van der Waals surface area contributed by atoms with E-state index in [4.69, 9.17) is 16.2 Å².